The van der Waals surface area contributed by atoms with Gasteiger partial charge >= 0.3 is 0 Å². The van der Waals surface area contributed by atoms with Gasteiger partial charge in [-0.05, 0) is 55.7 Å². The van der Waals surface area contributed by atoms with Crippen LogP contribution in [0.3, 0.4) is 0 Å². The van der Waals surface area contributed by atoms with Gasteiger partial charge in [0.05, 0.1) is 18.1 Å². The summed E-state index contributed by atoms with van der Waals surface area (Å²) in [6.07, 6.45) is 5.44. The molecule has 0 unspecified atom stereocenters. The van der Waals surface area contributed by atoms with Gasteiger partial charge in [0.15, 0.2) is 9.84 Å². The molecule has 1 aliphatic carbocycles. The summed E-state index contributed by atoms with van der Waals surface area (Å²) in [6.45, 7) is 0.841. The van der Waals surface area contributed by atoms with Crippen molar-refractivity contribution in [2.24, 2.45) is 0 Å². The number of amides is 1. The zero-order valence-corrected chi connectivity index (χ0v) is 15.1. The van der Waals surface area contributed by atoms with Gasteiger partial charge in [-0.3, -0.25) is 9.69 Å². The Balaban J connectivity index is 1.49. The molecule has 3 rings (SSSR count). The molecule has 1 N–H and O–H groups in total. The fraction of sp³-hybridized carbons (Fsp3) is 0.688. The lowest BCUT2D eigenvalue weighted by atomic mass is 9.96. The zero-order valence-electron chi connectivity index (χ0n) is 13.5. The maximum absolute atomic E-state index is 12.1. The van der Waals surface area contributed by atoms with Crippen LogP contribution in [0.25, 0.3) is 0 Å². The molecule has 1 aromatic heterocycles. The fourth-order valence-electron chi connectivity index (χ4n) is 3.44. The molecule has 128 valence electrons. The summed E-state index contributed by atoms with van der Waals surface area (Å²) in [4.78, 5) is 15.5. The summed E-state index contributed by atoms with van der Waals surface area (Å²) >= 11 is 1.81. The first-order valence-corrected chi connectivity index (χ1v) is 10.9. The molecule has 2 aliphatic rings. The molecule has 5 nitrogen and oxygen atoms in total. The second-order valence-electron chi connectivity index (χ2n) is 6.62. The van der Waals surface area contributed by atoms with Gasteiger partial charge in [-0.15, -0.1) is 11.3 Å². The van der Waals surface area contributed by atoms with Crippen LogP contribution in [0, 0.1) is 0 Å². The van der Waals surface area contributed by atoms with E-state index in [1.54, 1.807) is 0 Å². The Morgan fingerprint density at radius 1 is 1.39 bits per heavy atom. The molecular formula is C16H24N2O3S2. The predicted molar refractivity (Wildman–Crippen MR) is 92.5 cm³/mol. The first-order valence-electron chi connectivity index (χ1n) is 8.20. The monoisotopic (exact) mass is 356 g/mol. The van der Waals surface area contributed by atoms with E-state index >= 15 is 0 Å². The Labute approximate surface area is 142 Å². The summed E-state index contributed by atoms with van der Waals surface area (Å²) in [7, 11) is -1.08. The topological polar surface area (TPSA) is 66.5 Å². The van der Waals surface area contributed by atoms with E-state index in [4.69, 9.17) is 0 Å². The Bertz CT molecular complexity index is 681. The first kappa shape index (κ1) is 16.9. The van der Waals surface area contributed by atoms with Gasteiger partial charge in [0.1, 0.15) is 0 Å². The SMILES string of the molecule is CN(CC(=O)NCc1csc2c1CCCC2)[C@H]1CCS(=O)(=O)C1. The van der Waals surface area contributed by atoms with Crippen molar-refractivity contribution in [3.8, 4) is 0 Å². The number of nitrogens with zero attached hydrogens (tertiary/aromatic N) is 1. The van der Waals surface area contributed by atoms with Crippen LogP contribution in [-0.4, -0.2) is 50.4 Å². The van der Waals surface area contributed by atoms with Crippen LogP contribution in [0.15, 0.2) is 5.38 Å². The van der Waals surface area contributed by atoms with E-state index in [2.05, 4.69) is 10.7 Å². The molecule has 0 aromatic carbocycles. The third-order valence-electron chi connectivity index (χ3n) is 4.85. The van der Waals surface area contributed by atoms with E-state index in [0.29, 0.717) is 13.0 Å². The third-order valence-corrected chi connectivity index (χ3v) is 7.74. The van der Waals surface area contributed by atoms with Gasteiger partial charge in [-0.1, -0.05) is 0 Å². The lowest BCUT2D eigenvalue weighted by molar-refractivity contribution is -0.122. The third kappa shape index (κ3) is 4.14. The minimum atomic E-state index is -2.91. The van der Waals surface area contributed by atoms with Crippen LogP contribution in [0.4, 0.5) is 0 Å². The van der Waals surface area contributed by atoms with E-state index in [1.807, 2.05) is 23.3 Å². The van der Waals surface area contributed by atoms with Gasteiger partial charge in [0, 0.05) is 17.5 Å². The summed E-state index contributed by atoms with van der Waals surface area (Å²) < 4.78 is 23.0. The predicted octanol–water partition coefficient (Wildman–Crippen LogP) is 1.36. The molecule has 1 saturated heterocycles. The molecule has 1 fully saturated rings. The van der Waals surface area contributed by atoms with Gasteiger partial charge in [-0.2, -0.15) is 0 Å². The van der Waals surface area contributed by atoms with Crippen molar-refractivity contribution in [3.63, 3.8) is 0 Å². The Kier molecular flexibility index (Phi) is 5.08. The fourth-order valence-corrected chi connectivity index (χ4v) is 6.39. The normalized spacial score (nSPS) is 23.0. The maximum Gasteiger partial charge on any atom is 0.234 e. The Hall–Kier alpha value is -0.920. The minimum Gasteiger partial charge on any atom is -0.351 e. The number of hydrogen-bond donors (Lipinski definition) is 1. The second kappa shape index (κ2) is 6.91. The second-order valence-corrected chi connectivity index (χ2v) is 9.81. The number of sulfone groups is 1. The molecule has 1 amide bonds. The van der Waals surface area contributed by atoms with Crippen LogP contribution in [0.1, 0.15) is 35.3 Å². The molecule has 0 spiro atoms. The molecule has 0 saturated carbocycles. The van der Waals surface area contributed by atoms with Gasteiger partial charge in [-0.25, -0.2) is 8.42 Å². The molecular weight excluding hydrogens is 332 g/mol. The first-order chi connectivity index (χ1) is 10.9. The van der Waals surface area contributed by atoms with Gasteiger partial charge < -0.3 is 5.32 Å². The highest BCUT2D eigenvalue weighted by Gasteiger charge is 2.31. The molecule has 1 aromatic rings. The maximum atomic E-state index is 12.1. The summed E-state index contributed by atoms with van der Waals surface area (Å²) in [6, 6.07) is -0.0281. The van der Waals surface area contributed by atoms with Crippen LogP contribution in [0.2, 0.25) is 0 Å². The van der Waals surface area contributed by atoms with Crippen molar-refractivity contribution in [2.45, 2.75) is 44.7 Å². The van der Waals surface area contributed by atoms with Crippen molar-refractivity contribution in [3.05, 3.63) is 21.4 Å². The average Bonchev–Trinajstić information content (AvgIpc) is 3.08. The number of aryl methyl sites for hydroxylation is 1. The summed E-state index contributed by atoms with van der Waals surface area (Å²) in [5.74, 6) is 0.381. The lowest BCUT2D eigenvalue weighted by Gasteiger charge is -2.22. The highest BCUT2D eigenvalue weighted by Crippen LogP contribution is 2.30. The van der Waals surface area contributed by atoms with Crippen molar-refractivity contribution in [2.75, 3.05) is 25.1 Å². The molecule has 1 atom stereocenters. The smallest absolute Gasteiger partial charge is 0.234 e. The van der Waals surface area contributed by atoms with E-state index in [-0.39, 0.29) is 30.0 Å². The van der Waals surface area contributed by atoms with E-state index in [9.17, 15) is 13.2 Å². The molecule has 7 heteroatoms. The number of rotatable bonds is 5. The number of carbonyl (C=O) groups excluding carboxylic acids is 1. The molecule has 0 radical (unpaired) electrons. The van der Waals surface area contributed by atoms with E-state index in [1.165, 1.54) is 35.3 Å². The minimum absolute atomic E-state index is 0.0281. The van der Waals surface area contributed by atoms with E-state index in [0.717, 1.165) is 6.42 Å². The largest absolute Gasteiger partial charge is 0.351 e. The quantitative estimate of drug-likeness (QED) is 0.865. The molecule has 2 heterocycles. The molecule has 1 aliphatic heterocycles. The van der Waals surface area contributed by atoms with E-state index < -0.39 is 9.84 Å². The van der Waals surface area contributed by atoms with Crippen LogP contribution < -0.4 is 5.32 Å². The highest BCUT2D eigenvalue weighted by molar-refractivity contribution is 7.91. The van der Waals surface area contributed by atoms with Crippen LogP contribution >= 0.6 is 11.3 Å². The number of fused-ring (bicyclic) bond motifs is 1. The van der Waals surface area contributed by atoms with Crippen LogP contribution in [-0.2, 0) is 34.0 Å². The number of thiophene rings is 1. The van der Waals surface area contributed by atoms with Crippen molar-refractivity contribution >= 4 is 27.1 Å². The highest BCUT2D eigenvalue weighted by atomic mass is 32.2. The number of hydrogen-bond acceptors (Lipinski definition) is 5. The zero-order chi connectivity index (χ0) is 16.4. The van der Waals surface area contributed by atoms with Crippen LogP contribution in [0.5, 0.6) is 0 Å². The Morgan fingerprint density at radius 2 is 2.17 bits per heavy atom. The van der Waals surface area contributed by atoms with Crippen molar-refractivity contribution in [1.29, 1.82) is 0 Å². The number of nitrogens with one attached hydrogen (secondary N) is 1. The Morgan fingerprint density at radius 3 is 2.91 bits per heavy atom. The standard InChI is InChI=1S/C16H24N2O3S2/c1-18(13-6-7-23(20,21)11-13)9-16(19)17-8-12-10-22-15-5-3-2-4-14(12)15/h10,13H,2-9,11H2,1H3,(H,17,19)/t13-/m0/s1. The van der Waals surface area contributed by atoms with Gasteiger partial charge in [0.2, 0.25) is 5.91 Å². The lowest BCUT2D eigenvalue weighted by Crippen LogP contribution is -2.41. The molecule has 23 heavy (non-hydrogen) atoms. The molecule has 0 bridgehead atoms. The summed E-state index contributed by atoms with van der Waals surface area (Å²) in [5, 5.41) is 5.16. The summed E-state index contributed by atoms with van der Waals surface area (Å²) in [5.41, 5.74) is 2.70. The van der Waals surface area contributed by atoms with Crippen molar-refractivity contribution in [1.82, 2.24) is 10.2 Å². The average molecular weight is 357 g/mol. The van der Waals surface area contributed by atoms with Crippen molar-refractivity contribution < 1.29 is 13.2 Å². The number of carbonyl (C=O) groups is 1. The number of likely N-dealkylation sites (N-methyl/N-ethyl adjacent to an activating group) is 1. The van der Waals surface area contributed by atoms with Gasteiger partial charge in [0.25, 0.3) is 0 Å².